The average Bonchev–Trinajstić information content (AvgIpc) is 3.64. The highest BCUT2D eigenvalue weighted by Crippen LogP contribution is 2.45. The Hall–Kier alpha value is -1.94. The molecule has 0 aliphatic heterocycles. The van der Waals surface area contributed by atoms with Gasteiger partial charge < -0.3 is 33.8 Å². The Balaban J connectivity index is 5.20. The van der Waals surface area contributed by atoms with Crippen LogP contribution in [0, 0.1) is 0 Å². The van der Waals surface area contributed by atoms with E-state index in [1.165, 1.54) is 173 Å². The Kier molecular flexibility index (Phi) is 60.5. The molecular formula is C67H130O17P2. The molecule has 0 fully saturated rings. The second kappa shape index (κ2) is 61.9. The van der Waals surface area contributed by atoms with Crippen molar-refractivity contribution in [3.8, 4) is 0 Å². The predicted octanol–water partition coefficient (Wildman–Crippen LogP) is 19.1. The lowest BCUT2D eigenvalue weighted by atomic mass is 10.0. The number of ether oxygens (including phenoxy) is 4. The molecule has 2 unspecified atom stereocenters. The lowest BCUT2D eigenvalue weighted by Gasteiger charge is -2.21. The first-order valence-electron chi connectivity index (χ1n) is 35.3. The molecule has 0 heterocycles. The van der Waals surface area contributed by atoms with Crippen molar-refractivity contribution in [2.45, 2.75) is 367 Å². The zero-order valence-corrected chi connectivity index (χ0v) is 57.1. The number of phosphoric acid groups is 2. The number of esters is 4. The Morgan fingerprint density at radius 1 is 0.279 bits per heavy atom. The molecule has 510 valence electrons. The zero-order valence-electron chi connectivity index (χ0n) is 55.3. The third-order valence-corrected chi connectivity index (χ3v) is 17.5. The predicted molar refractivity (Wildman–Crippen MR) is 345 cm³/mol. The summed E-state index contributed by atoms with van der Waals surface area (Å²) in [6.07, 6.45) is 48.5. The third kappa shape index (κ3) is 60.9. The van der Waals surface area contributed by atoms with Crippen LogP contribution in [0.4, 0.5) is 0 Å². The van der Waals surface area contributed by atoms with Gasteiger partial charge in [0.1, 0.15) is 19.3 Å². The SMILES string of the molecule is CCCCCCCCCCCCCCCCCCC(=O)O[C@H](COC(=O)CCCCCCCCCCCCCCC)COP(=O)(O)OC[C@@H](O)COP(=O)(O)OC[C@@H](COC(=O)CCCCCCCCCC)OC(=O)CCCCCCCCCCC. The number of unbranched alkanes of at least 4 members (excludes halogenated alkanes) is 42. The van der Waals surface area contributed by atoms with Crippen LogP contribution in [0.15, 0.2) is 0 Å². The Morgan fingerprint density at radius 3 is 0.686 bits per heavy atom. The van der Waals surface area contributed by atoms with E-state index in [2.05, 4.69) is 27.7 Å². The highest BCUT2D eigenvalue weighted by Gasteiger charge is 2.30. The fourth-order valence-electron chi connectivity index (χ4n) is 10.2. The minimum absolute atomic E-state index is 0.106. The van der Waals surface area contributed by atoms with Gasteiger partial charge in [-0.2, -0.15) is 0 Å². The van der Waals surface area contributed by atoms with E-state index in [1.54, 1.807) is 0 Å². The molecule has 0 amide bonds. The monoisotopic (exact) mass is 1270 g/mol. The van der Waals surface area contributed by atoms with Crippen LogP contribution >= 0.6 is 15.6 Å². The number of hydrogen-bond acceptors (Lipinski definition) is 15. The zero-order chi connectivity index (χ0) is 63.3. The topological polar surface area (TPSA) is 237 Å². The summed E-state index contributed by atoms with van der Waals surface area (Å²) in [6, 6.07) is 0. The van der Waals surface area contributed by atoms with Crippen molar-refractivity contribution in [2.75, 3.05) is 39.6 Å². The van der Waals surface area contributed by atoms with Crippen molar-refractivity contribution in [2.24, 2.45) is 0 Å². The maximum Gasteiger partial charge on any atom is 0.472 e. The first kappa shape index (κ1) is 84.1. The lowest BCUT2D eigenvalue weighted by molar-refractivity contribution is -0.161. The van der Waals surface area contributed by atoms with Crippen LogP contribution in [0.2, 0.25) is 0 Å². The Labute approximate surface area is 524 Å². The van der Waals surface area contributed by atoms with Crippen LogP contribution < -0.4 is 0 Å². The van der Waals surface area contributed by atoms with Crippen LogP contribution in [0.5, 0.6) is 0 Å². The van der Waals surface area contributed by atoms with Crippen LogP contribution in [-0.2, 0) is 65.4 Å². The van der Waals surface area contributed by atoms with E-state index in [0.717, 1.165) is 96.3 Å². The second-order valence-corrected chi connectivity index (χ2v) is 27.1. The maximum atomic E-state index is 13.0. The normalized spacial score (nSPS) is 14.1. The summed E-state index contributed by atoms with van der Waals surface area (Å²) >= 11 is 0. The standard InChI is InChI=1S/C67H130O17P2/c1-5-9-13-17-21-25-27-29-30-31-33-35-38-42-46-50-54-67(72)84-63(58-78-65(70)52-48-44-40-37-34-32-28-26-22-18-14-10-6-2)60-82-86(75,76)80-56-61(68)55-79-85(73,74)81-59-62(57-77-64(69)51-47-43-39-24-20-16-12-8-4)83-66(71)53-49-45-41-36-23-19-15-11-7-3/h61-63,68H,5-60H2,1-4H3,(H,73,74)(H,75,76)/t61-,62+,63+/m0/s1. The summed E-state index contributed by atoms with van der Waals surface area (Å²) in [5.41, 5.74) is 0. The van der Waals surface area contributed by atoms with Gasteiger partial charge in [-0.3, -0.25) is 37.3 Å². The fourth-order valence-corrected chi connectivity index (χ4v) is 11.7. The Bertz CT molecular complexity index is 1650. The molecule has 0 radical (unpaired) electrons. The molecule has 0 aromatic heterocycles. The van der Waals surface area contributed by atoms with E-state index < -0.39 is 97.5 Å². The van der Waals surface area contributed by atoms with E-state index in [0.29, 0.717) is 25.7 Å². The van der Waals surface area contributed by atoms with Gasteiger partial charge in [0.25, 0.3) is 0 Å². The van der Waals surface area contributed by atoms with E-state index >= 15 is 0 Å². The van der Waals surface area contributed by atoms with Gasteiger partial charge in [-0.15, -0.1) is 0 Å². The van der Waals surface area contributed by atoms with Gasteiger partial charge in [0.05, 0.1) is 26.4 Å². The molecule has 5 atom stereocenters. The fraction of sp³-hybridized carbons (Fsp3) is 0.940. The largest absolute Gasteiger partial charge is 0.472 e. The van der Waals surface area contributed by atoms with Crippen molar-refractivity contribution in [3.63, 3.8) is 0 Å². The number of phosphoric ester groups is 2. The number of carbonyl (C=O) groups is 4. The molecule has 0 spiro atoms. The minimum atomic E-state index is -4.95. The molecule has 0 aliphatic rings. The molecule has 0 aliphatic carbocycles. The number of rotatable bonds is 68. The summed E-state index contributed by atoms with van der Waals surface area (Å²) in [6.45, 7) is 4.89. The third-order valence-electron chi connectivity index (χ3n) is 15.6. The van der Waals surface area contributed by atoms with E-state index in [9.17, 15) is 43.2 Å². The van der Waals surface area contributed by atoms with Crippen LogP contribution in [0.25, 0.3) is 0 Å². The van der Waals surface area contributed by atoms with Crippen molar-refractivity contribution >= 4 is 39.5 Å². The first-order valence-corrected chi connectivity index (χ1v) is 38.3. The highest BCUT2D eigenvalue weighted by atomic mass is 31.2. The molecule has 0 saturated heterocycles. The molecule has 19 heteroatoms. The second-order valence-electron chi connectivity index (χ2n) is 24.2. The van der Waals surface area contributed by atoms with Gasteiger partial charge in [-0.1, -0.05) is 297 Å². The van der Waals surface area contributed by atoms with Gasteiger partial charge in [0, 0.05) is 25.7 Å². The van der Waals surface area contributed by atoms with Crippen molar-refractivity contribution < 1.29 is 80.2 Å². The lowest BCUT2D eigenvalue weighted by Crippen LogP contribution is -2.30. The smallest absolute Gasteiger partial charge is 0.462 e. The molecule has 0 aromatic rings. The molecule has 0 rings (SSSR count). The van der Waals surface area contributed by atoms with Gasteiger partial charge in [-0.05, 0) is 25.7 Å². The number of aliphatic hydroxyl groups is 1. The van der Waals surface area contributed by atoms with E-state index in [1.807, 2.05) is 0 Å². The molecular weight excluding hydrogens is 1140 g/mol. The first-order chi connectivity index (χ1) is 41.7. The van der Waals surface area contributed by atoms with Crippen molar-refractivity contribution in [1.29, 1.82) is 0 Å². The summed E-state index contributed by atoms with van der Waals surface area (Å²) in [7, 11) is -9.89. The van der Waals surface area contributed by atoms with Crippen molar-refractivity contribution in [1.82, 2.24) is 0 Å². The van der Waals surface area contributed by atoms with E-state index in [-0.39, 0.29) is 25.7 Å². The summed E-state index contributed by atoms with van der Waals surface area (Å²) in [5, 5.41) is 10.5. The van der Waals surface area contributed by atoms with Crippen LogP contribution in [0.1, 0.15) is 349 Å². The van der Waals surface area contributed by atoms with Gasteiger partial charge >= 0.3 is 39.5 Å². The maximum absolute atomic E-state index is 13.0. The molecule has 86 heavy (non-hydrogen) atoms. The molecule has 3 N–H and O–H groups in total. The molecule has 0 saturated carbocycles. The number of carbonyl (C=O) groups excluding carboxylic acids is 4. The Morgan fingerprint density at radius 2 is 0.465 bits per heavy atom. The van der Waals surface area contributed by atoms with Crippen LogP contribution in [-0.4, -0.2) is 96.7 Å². The average molecular weight is 1270 g/mol. The quantitative estimate of drug-likeness (QED) is 0.0222. The number of aliphatic hydroxyl groups excluding tert-OH is 1. The van der Waals surface area contributed by atoms with Gasteiger partial charge in [0.2, 0.25) is 0 Å². The van der Waals surface area contributed by atoms with Gasteiger partial charge in [-0.25, -0.2) is 9.13 Å². The number of hydrogen-bond donors (Lipinski definition) is 3. The highest BCUT2D eigenvalue weighted by molar-refractivity contribution is 7.47. The molecule has 0 aromatic carbocycles. The summed E-state index contributed by atoms with van der Waals surface area (Å²) in [5.74, 6) is -2.13. The summed E-state index contributed by atoms with van der Waals surface area (Å²) in [4.78, 5) is 72.3. The van der Waals surface area contributed by atoms with Crippen molar-refractivity contribution in [3.05, 3.63) is 0 Å². The minimum Gasteiger partial charge on any atom is -0.462 e. The summed E-state index contributed by atoms with van der Waals surface area (Å²) < 4.78 is 68.1. The molecule has 17 nitrogen and oxygen atoms in total. The molecule has 0 bridgehead atoms. The van der Waals surface area contributed by atoms with E-state index in [4.69, 9.17) is 37.0 Å². The van der Waals surface area contributed by atoms with Gasteiger partial charge in [0.15, 0.2) is 12.2 Å². The van der Waals surface area contributed by atoms with Crippen LogP contribution in [0.3, 0.4) is 0 Å².